The number of carbonyl (C=O) groups excluding carboxylic acids is 3. The highest BCUT2D eigenvalue weighted by Gasteiger charge is 2.34. The lowest BCUT2D eigenvalue weighted by atomic mass is 9.90. The number of halogens is 1. The Labute approximate surface area is 147 Å². The van der Waals surface area contributed by atoms with Gasteiger partial charge in [0.15, 0.2) is 6.10 Å². The normalized spacial score (nSPS) is 17.0. The quantitative estimate of drug-likeness (QED) is 0.807. The zero-order valence-electron chi connectivity index (χ0n) is 14.0. The summed E-state index contributed by atoms with van der Waals surface area (Å²) in [5.41, 5.74) is 1.24. The maximum absolute atomic E-state index is 13.3. The summed E-state index contributed by atoms with van der Waals surface area (Å²) < 4.78 is 23.4. The molecule has 8 nitrogen and oxygen atoms in total. The molecule has 3 rings (SSSR count). The number of amides is 2. The van der Waals surface area contributed by atoms with Crippen LogP contribution in [0.25, 0.3) is 0 Å². The highest BCUT2D eigenvalue weighted by molar-refractivity contribution is 6.01. The fourth-order valence-electron chi connectivity index (χ4n) is 2.60. The minimum atomic E-state index is -1.12. The summed E-state index contributed by atoms with van der Waals surface area (Å²) in [6.07, 6.45) is -1.27. The van der Waals surface area contributed by atoms with Crippen LogP contribution in [0.4, 0.5) is 16.0 Å². The van der Waals surface area contributed by atoms with Gasteiger partial charge in [0.25, 0.3) is 5.91 Å². The maximum atomic E-state index is 13.3. The number of hydrogen-bond acceptors (Lipinski definition) is 6. The van der Waals surface area contributed by atoms with Gasteiger partial charge in [0.1, 0.15) is 5.82 Å². The number of fused-ring (bicyclic) bond motifs is 1. The molecule has 26 heavy (non-hydrogen) atoms. The second-order valence-corrected chi connectivity index (χ2v) is 5.94. The van der Waals surface area contributed by atoms with Crippen molar-refractivity contribution >= 4 is 29.4 Å². The molecule has 0 spiro atoms. The minimum Gasteiger partial charge on any atom is -0.452 e. The first-order valence-electron chi connectivity index (χ1n) is 7.87. The van der Waals surface area contributed by atoms with Crippen molar-refractivity contribution < 1.29 is 28.0 Å². The van der Waals surface area contributed by atoms with E-state index < -0.39 is 35.6 Å². The summed E-state index contributed by atoms with van der Waals surface area (Å²) in [6, 6.07) is 5.26. The van der Waals surface area contributed by atoms with E-state index in [0.717, 1.165) is 6.07 Å². The molecule has 2 atom stereocenters. The van der Waals surface area contributed by atoms with Crippen LogP contribution in [-0.2, 0) is 19.1 Å². The summed E-state index contributed by atoms with van der Waals surface area (Å²) in [5.74, 6) is -3.10. The molecular formula is C17H16FN3O5. The predicted octanol–water partition coefficient (Wildman–Crippen LogP) is 2.12. The van der Waals surface area contributed by atoms with E-state index in [2.05, 4.69) is 15.8 Å². The maximum Gasteiger partial charge on any atom is 0.314 e. The van der Waals surface area contributed by atoms with Crippen LogP contribution in [0, 0.1) is 12.7 Å². The first kappa shape index (κ1) is 17.6. The number of hydrogen-bond donors (Lipinski definition) is 2. The van der Waals surface area contributed by atoms with Gasteiger partial charge in [-0.3, -0.25) is 19.7 Å². The molecule has 0 unspecified atom stereocenters. The van der Waals surface area contributed by atoms with Gasteiger partial charge >= 0.3 is 5.97 Å². The van der Waals surface area contributed by atoms with Crippen molar-refractivity contribution in [2.45, 2.75) is 32.3 Å². The predicted molar refractivity (Wildman–Crippen MR) is 87.8 cm³/mol. The third kappa shape index (κ3) is 3.71. The van der Waals surface area contributed by atoms with Crippen LogP contribution >= 0.6 is 0 Å². The van der Waals surface area contributed by atoms with Crippen LogP contribution in [0.5, 0.6) is 0 Å². The average molecular weight is 361 g/mol. The molecule has 0 radical (unpaired) electrons. The van der Waals surface area contributed by atoms with E-state index in [0.29, 0.717) is 11.3 Å². The molecule has 1 aliphatic rings. The molecule has 0 aliphatic carbocycles. The molecule has 0 fully saturated rings. The van der Waals surface area contributed by atoms with Crippen molar-refractivity contribution in [2.24, 2.45) is 0 Å². The van der Waals surface area contributed by atoms with Gasteiger partial charge in [0.2, 0.25) is 11.8 Å². The van der Waals surface area contributed by atoms with Gasteiger partial charge in [0.05, 0.1) is 11.6 Å². The Hall–Kier alpha value is -3.23. The third-order valence-electron chi connectivity index (χ3n) is 3.88. The van der Waals surface area contributed by atoms with Gasteiger partial charge in [-0.1, -0.05) is 11.2 Å². The lowest BCUT2D eigenvalue weighted by Crippen LogP contribution is -2.34. The average Bonchev–Trinajstić information content (AvgIpc) is 2.98. The van der Waals surface area contributed by atoms with E-state index in [1.165, 1.54) is 25.1 Å². The second kappa shape index (κ2) is 6.95. The molecule has 2 aromatic rings. The zero-order chi connectivity index (χ0) is 18.8. The third-order valence-corrected chi connectivity index (χ3v) is 3.88. The standard InChI is InChI=1S/C17H16FN3O5/c1-8-5-15(26-21-8)20-16(23)9(2)25-17(24)12-7-14(22)19-13-6-10(18)3-4-11(12)13/h3-6,9,12H,7H2,1-2H3,(H,19,22)(H,20,23)/t9-,12-/m0/s1. The molecule has 136 valence electrons. The van der Waals surface area contributed by atoms with Crippen LogP contribution < -0.4 is 10.6 Å². The van der Waals surface area contributed by atoms with Crippen molar-refractivity contribution in [1.29, 1.82) is 0 Å². The van der Waals surface area contributed by atoms with Crippen molar-refractivity contribution in [3.63, 3.8) is 0 Å². The molecule has 0 saturated heterocycles. The van der Waals surface area contributed by atoms with E-state index in [-0.39, 0.29) is 18.0 Å². The number of aromatic nitrogens is 1. The van der Waals surface area contributed by atoms with Crippen LogP contribution in [-0.4, -0.2) is 29.0 Å². The highest BCUT2D eigenvalue weighted by Crippen LogP contribution is 2.33. The number of anilines is 2. The molecule has 2 heterocycles. The van der Waals surface area contributed by atoms with E-state index >= 15 is 0 Å². The molecule has 2 amide bonds. The Kier molecular flexibility index (Phi) is 4.70. The Morgan fingerprint density at radius 3 is 2.88 bits per heavy atom. The number of nitrogens with one attached hydrogen (secondary N) is 2. The van der Waals surface area contributed by atoms with Crippen LogP contribution in [0.3, 0.4) is 0 Å². The lowest BCUT2D eigenvalue weighted by Gasteiger charge is -2.25. The fourth-order valence-corrected chi connectivity index (χ4v) is 2.60. The number of carbonyl (C=O) groups is 3. The Bertz CT molecular complexity index is 879. The van der Waals surface area contributed by atoms with Gasteiger partial charge in [-0.2, -0.15) is 0 Å². The monoisotopic (exact) mass is 361 g/mol. The van der Waals surface area contributed by atoms with Crippen molar-refractivity contribution in [3.8, 4) is 0 Å². The number of benzene rings is 1. The summed E-state index contributed by atoms with van der Waals surface area (Å²) in [4.78, 5) is 36.3. The number of rotatable bonds is 4. The Morgan fingerprint density at radius 1 is 1.42 bits per heavy atom. The fraction of sp³-hybridized carbons (Fsp3) is 0.294. The van der Waals surface area contributed by atoms with Crippen LogP contribution in [0.1, 0.15) is 30.5 Å². The van der Waals surface area contributed by atoms with Crippen molar-refractivity contribution in [1.82, 2.24) is 5.16 Å². The van der Waals surface area contributed by atoms with Crippen LogP contribution in [0.2, 0.25) is 0 Å². The minimum absolute atomic E-state index is 0.133. The van der Waals surface area contributed by atoms with E-state index in [1.807, 2.05) is 0 Å². The summed E-state index contributed by atoms with van der Waals surface area (Å²) in [6.45, 7) is 3.09. The van der Waals surface area contributed by atoms with Crippen molar-refractivity contribution in [3.05, 3.63) is 41.3 Å². The molecule has 1 aromatic carbocycles. The van der Waals surface area contributed by atoms with E-state index in [4.69, 9.17) is 9.26 Å². The van der Waals surface area contributed by atoms with Crippen molar-refractivity contribution in [2.75, 3.05) is 10.6 Å². The Balaban J connectivity index is 1.69. The topological polar surface area (TPSA) is 111 Å². The summed E-state index contributed by atoms with van der Waals surface area (Å²) >= 11 is 0. The molecular weight excluding hydrogens is 345 g/mol. The number of ether oxygens (including phenoxy) is 1. The molecule has 1 aromatic heterocycles. The molecule has 1 aliphatic heterocycles. The summed E-state index contributed by atoms with van der Waals surface area (Å²) in [5, 5.41) is 8.57. The summed E-state index contributed by atoms with van der Waals surface area (Å²) in [7, 11) is 0. The Morgan fingerprint density at radius 2 is 2.19 bits per heavy atom. The molecule has 9 heteroatoms. The number of nitrogens with zero attached hydrogens (tertiary/aromatic N) is 1. The second-order valence-electron chi connectivity index (χ2n) is 5.94. The van der Waals surface area contributed by atoms with Gasteiger partial charge in [-0.15, -0.1) is 0 Å². The highest BCUT2D eigenvalue weighted by atomic mass is 19.1. The molecule has 2 N–H and O–H groups in total. The largest absolute Gasteiger partial charge is 0.452 e. The number of aryl methyl sites for hydroxylation is 1. The van der Waals surface area contributed by atoms with Gasteiger partial charge in [-0.25, -0.2) is 4.39 Å². The molecule has 0 saturated carbocycles. The number of esters is 1. The first-order valence-corrected chi connectivity index (χ1v) is 7.87. The van der Waals surface area contributed by atoms with Crippen LogP contribution in [0.15, 0.2) is 28.8 Å². The lowest BCUT2D eigenvalue weighted by molar-refractivity contribution is -0.155. The van der Waals surface area contributed by atoms with Gasteiger partial charge < -0.3 is 14.6 Å². The molecule has 0 bridgehead atoms. The zero-order valence-corrected chi connectivity index (χ0v) is 14.0. The van der Waals surface area contributed by atoms with E-state index in [9.17, 15) is 18.8 Å². The SMILES string of the molecule is Cc1cc(NC(=O)[C@H](C)OC(=O)[C@H]2CC(=O)Nc3cc(F)ccc32)on1. The first-order chi connectivity index (χ1) is 12.3. The van der Waals surface area contributed by atoms with E-state index in [1.54, 1.807) is 6.92 Å². The smallest absolute Gasteiger partial charge is 0.314 e. The van der Waals surface area contributed by atoms with Gasteiger partial charge in [0, 0.05) is 18.2 Å². The van der Waals surface area contributed by atoms with Gasteiger partial charge in [-0.05, 0) is 31.5 Å².